The van der Waals surface area contributed by atoms with E-state index in [0.717, 1.165) is 6.08 Å². The van der Waals surface area contributed by atoms with Crippen LogP contribution in [0.4, 0.5) is 9.93 Å². The fraction of sp³-hybridized carbons (Fsp3) is 0. The maximum Gasteiger partial charge on any atom is 0.290 e. The molecule has 6 nitrogen and oxygen atoms in total. The number of carbonyl (C=O) groups is 3. The van der Waals surface area contributed by atoms with Crippen molar-refractivity contribution in [3.05, 3.63) is 22.6 Å². The van der Waals surface area contributed by atoms with Crippen LogP contribution in [0.3, 0.4) is 0 Å². The fourth-order valence-electron chi connectivity index (χ4n) is 0.967. The van der Waals surface area contributed by atoms with E-state index in [1.807, 2.05) is 0 Å². The number of thiazole rings is 1. The maximum atomic E-state index is 11.4. The number of anilines is 1. The molecule has 0 atom stereocenters. The van der Waals surface area contributed by atoms with Gasteiger partial charge in [-0.2, -0.15) is 0 Å². The van der Waals surface area contributed by atoms with E-state index in [-0.39, 0.29) is 4.91 Å². The molecule has 2 rings (SSSR count). The Balaban J connectivity index is 2.04. The highest BCUT2D eigenvalue weighted by molar-refractivity contribution is 8.18. The molecule has 16 heavy (non-hydrogen) atoms. The number of carbonyl (C=O) groups excluding carboxylic acids is 3. The molecule has 1 aliphatic heterocycles. The van der Waals surface area contributed by atoms with Gasteiger partial charge in [0.1, 0.15) is 0 Å². The van der Waals surface area contributed by atoms with Crippen LogP contribution in [0.2, 0.25) is 0 Å². The molecule has 0 aliphatic carbocycles. The Hall–Kier alpha value is -1.67. The number of hydrogen-bond donors (Lipinski definition) is 2. The van der Waals surface area contributed by atoms with Crippen molar-refractivity contribution in [3.8, 4) is 0 Å². The topological polar surface area (TPSA) is 88.2 Å². The zero-order valence-corrected chi connectivity index (χ0v) is 9.35. The molecule has 2 N–H and O–H groups in total. The Morgan fingerprint density at radius 3 is 2.88 bits per heavy atom. The predicted molar refractivity (Wildman–Crippen MR) is 60.0 cm³/mol. The summed E-state index contributed by atoms with van der Waals surface area (Å²) in [4.78, 5) is 37.2. The Labute approximate surface area is 98.1 Å². The van der Waals surface area contributed by atoms with E-state index < -0.39 is 17.1 Å². The van der Waals surface area contributed by atoms with E-state index in [0.29, 0.717) is 16.9 Å². The SMILES string of the molecule is O=C(/C=C1/SC(=O)NC1=O)Nc1nccs1. The second-order valence-corrected chi connectivity index (χ2v) is 4.59. The first-order valence-corrected chi connectivity index (χ1v) is 5.80. The van der Waals surface area contributed by atoms with Crippen LogP contribution in [0.1, 0.15) is 0 Å². The summed E-state index contributed by atoms with van der Waals surface area (Å²) in [5, 5.41) is 6.21. The predicted octanol–water partition coefficient (Wildman–Crippen LogP) is 0.948. The van der Waals surface area contributed by atoms with E-state index >= 15 is 0 Å². The van der Waals surface area contributed by atoms with Gasteiger partial charge in [0.25, 0.3) is 17.1 Å². The maximum absolute atomic E-state index is 11.4. The first-order valence-electron chi connectivity index (χ1n) is 4.10. The first kappa shape index (κ1) is 10.8. The van der Waals surface area contributed by atoms with Crippen molar-refractivity contribution in [2.45, 2.75) is 0 Å². The summed E-state index contributed by atoms with van der Waals surface area (Å²) in [5.74, 6) is -1.04. The molecule has 1 aliphatic rings. The van der Waals surface area contributed by atoms with Gasteiger partial charge in [0.05, 0.1) is 4.91 Å². The lowest BCUT2D eigenvalue weighted by Gasteiger charge is -1.95. The molecule has 0 bridgehead atoms. The van der Waals surface area contributed by atoms with Crippen LogP contribution in [0, 0.1) is 0 Å². The largest absolute Gasteiger partial charge is 0.298 e. The third-order valence-electron chi connectivity index (χ3n) is 1.57. The van der Waals surface area contributed by atoms with Crippen LogP contribution < -0.4 is 10.6 Å². The minimum atomic E-state index is -0.552. The van der Waals surface area contributed by atoms with Crippen molar-refractivity contribution in [2.24, 2.45) is 0 Å². The smallest absolute Gasteiger partial charge is 0.290 e. The van der Waals surface area contributed by atoms with Crippen molar-refractivity contribution in [2.75, 3.05) is 5.32 Å². The second-order valence-electron chi connectivity index (χ2n) is 2.68. The summed E-state index contributed by atoms with van der Waals surface area (Å²) in [6, 6.07) is 0. The first-order chi connectivity index (χ1) is 7.65. The number of amides is 3. The standard InChI is InChI=1S/C8H5N3O3S2/c12-5(10-7-9-1-2-15-7)3-4-6(13)11-8(14)16-4/h1-3H,(H,9,10,12)(H,11,13,14)/b4-3+. The van der Waals surface area contributed by atoms with E-state index in [9.17, 15) is 14.4 Å². The fourth-order valence-corrected chi connectivity index (χ4v) is 2.15. The molecular weight excluding hydrogens is 250 g/mol. The van der Waals surface area contributed by atoms with Crippen molar-refractivity contribution in [3.63, 3.8) is 0 Å². The number of aromatic nitrogens is 1. The van der Waals surface area contributed by atoms with Gasteiger partial charge in [-0.15, -0.1) is 11.3 Å². The highest BCUT2D eigenvalue weighted by Gasteiger charge is 2.25. The molecule has 3 amide bonds. The molecule has 82 valence electrons. The monoisotopic (exact) mass is 255 g/mol. The molecule has 1 fully saturated rings. The van der Waals surface area contributed by atoms with Crippen LogP contribution in [0.15, 0.2) is 22.6 Å². The summed E-state index contributed by atoms with van der Waals surface area (Å²) in [7, 11) is 0. The number of imide groups is 1. The van der Waals surface area contributed by atoms with Crippen LogP contribution in [0.5, 0.6) is 0 Å². The number of thioether (sulfide) groups is 1. The van der Waals surface area contributed by atoms with Crippen LogP contribution in [0.25, 0.3) is 0 Å². The van der Waals surface area contributed by atoms with Crippen LogP contribution >= 0.6 is 23.1 Å². The summed E-state index contributed by atoms with van der Waals surface area (Å²) in [6.07, 6.45) is 2.63. The Kier molecular flexibility index (Phi) is 3.02. The van der Waals surface area contributed by atoms with E-state index in [2.05, 4.69) is 15.6 Å². The van der Waals surface area contributed by atoms with Crippen molar-refractivity contribution < 1.29 is 14.4 Å². The van der Waals surface area contributed by atoms with Gasteiger partial charge in [0.15, 0.2) is 5.13 Å². The van der Waals surface area contributed by atoms with E-state index in [1.54, 1.807) is 11.6 Å². The van der Waals surface area contributed by atoms with Gasteiger partial charge in [0, 0.05) is 17.7 Å². The summed E-state index contributed by atoms with van der Waals surface area (Å²) >= 11 is 1.96. The quantitative estimate of drug-likeness (QED) is 0.768. The third kappa shape index (κ3) is 2.47. The minimum absolute atomic E-state index is 0.0825. The summed E-state index contributed by atoms with van der Waals surface area (Å²) in [6.45, 7) is 0. The summed E-state index contributed by atoms with van der Waals surface area (Å²) < 4.78 is 0. The lowest BCUT2D eigenvalue weighted by Crippen LogP contribution is -2.18. The highest BCUT2D eigenvalue weighted by Crippen LogP contribution is 2.22. The third-order valence-corrected chi connectivity index (χ3v) is 3.07. The molecule has 0 aromatic carbocycles. The normalized spacial score (nSPS) is 17.6. The van der Waals surface area contributed by atoms with Crippen molar-refractivity contribution in [1.29, 1.82) is 0 Å². The molecule has 0 spiro atoms. The molecule has 1 aromatic rings. The lowest BCUT2D eigenvalue weighted by atomic mass is 10.4. The summed E-state index contributed by atoms with van der Waals surface area (Å²) in [5.41, 5.74) is 0. The molecule has 0 saturated carbocycles. The molecular formula is C8H5N3O3S2. The van der Waals surface area contributed by atoms with Gasteiger partial charge >= 0.3 is 0 Å². The zero-order chi connectivity index (χ0) is 11.5. The Morgan fingerprint density at radius 1 is 1.50 bits per heavy atom. The number of hydrogen-bond acceptors (Lipinski definition) is 6. The van der Waals surface area contributed by atoms with Crippen LogP contribution in [-0.2, 0) is 9.59 Å². The number of nitrogens with one attached hydrogen (secondary N) is 2. The Morgan fingerprint density at radius 2 is 2.31 bits per heavy atom. The average molecular weight is 255 g/mol. The van der Waals surface area contributed by atoms with Gasteiger partial charge in [-0.25, -0.2) is 4.98 Å². The van der Waals surface area contributed by atoms with Crippen LogP contribution in [-0.4, -0.2) is 22.0 Å². The molecule has 1 saturated heterocycles. The lowest BCUT2D eigenvalue weighted by molar-refractivity contribution is -0.116. The Bertz CT molecular complexity index is 481. The van der Waals surface area contributed by atoms with Gasteiger partial charge in [0.2, 0.25) is 0 Å². The van der Waals surface area contributed by atoms with Gasteiger partial charge < -0.3 is 0 Å². The molecule has 0 radical (unpaired) electrons. The minimum Gasteiger partial charge on any atom is -0.298 e. The van der Waals surface area contributed by atoms with Gasteiger partial charge in [-0.3, -0.25) is 25.0 Å². The van der Waals surface area contributed by atoms with Crippen molar-refractivity contribution >= 4 is 45.3 Å². The van der Waals surface area contributed by atoms with E-state index in [1.165, 1.54) is 11.3 Å². The van der Waals surface area contributed by atoms with Gasteiger partial charge in [-0.1, -0.05) is 0 Å². The van der Waals surface area contributed by atoms with E-state index in [4.69, 9.17) is 0 Å². The highest BCUT2D eigenvalue weighted by atomic mass is 32.2. The van der Waals surface area contributed by atoms with Gasteiger partial charge in [-0.05, 0) is 11.8 Å². The average Bonchev–Trinajstić information content (AvgIpc) is 2.78. The zero-order valence-electron chi connectivity index (χ0n) is 7.72. The molecule has 2 heterocycles. The molecule has 1 aromatic heterocycles. The number of rotatable bonds is 2. The molecule has 8 heteroatoms. The molecule has 0 unspecified atom stereocenters. The second kappa shape index (κ2) is 4.45. The number of nitrogens with zero attached hydrogens (tertiary/aromatic N) is 1. The van der Waals surface area contributed by atoms with Crippen molar-refractivity contribution in [1.82, 2.24) is 10.3 Å².